The molecule has 0 N–H and O–H groups in total. The first-order chi connectivity index (χ1) is 9.11. The lowest BCUT2D eigenvalue weighted by Gasteiger charge is -2.21. The van der Waals surface area contributed by atoms with Gasteiger partial charge >= 0.3 is 0 Å². The molecule has 2 rings (SSSR count). The zero-order valence-corrected chi connectivity index (χ0v) is 14.5. The zero-order chi connectivity index (χ0) is 13.8. The molecular weight excluding hydrogens is 389 g/mol. The van der Waals surface area contributed by atoms with Crippen LogP contribution in [0.5, 0.6) is 0 Å². The number of alkyl halides is 1. The van der Waals surface area contributed by atoms with Gasteiger partial charge in [-0.2, -0.15) is 0 Å². The second-order valence-electron chi connectivity index (χ2n) is 4.36. The predicted octanol–water partition coefficient (Wildman–Crippen LogP) is 5.63. The average molecular weight is 404 g/mol. The van der Waals surface area contributed by atoms with E-state index in [1.807, 2.05) is 18.2 Å². The normalized spacial score (nSPS) is 10.5. The minimum absolute atomic E-state index is 0.791. The number of hydrogen-bond donors (Lipinski definition) is 0. The maximum atomic E-state index is 6.19. The molecule has 2 aromatic carbocycles. The molecule has 0 fully saturated rings. The van der Waals surface area contributed by atoms with Crippen LogP contribution in [0, 0.1) is 0 Å². The monoisotopic (exact) mass is 401 g/mol. The highest BCUT2D eigenvalue weighted by Gasteiger charge is 2.07. The van der Waals surface area contributed by atoms with Gasteiger partial charge in [0.1, 0.15) is 0 Å². The zero-order valence-electron chi connectivity index (χ0n) is 10.5. The lowest BCUT2D eigenvalue weighted by Crippen LogP contribution is -2.16. The average Bonchev–Trinajstić information content (AvgIpc) is 2.41. The van der Waals surface area contributed by atoms with E-state index in [-0.39, 0.29) is 0 Å². The topological polar surface area (TPSA) is 3.24 Å². The third-order valence-corrected chi connectivity index (χ3v) is 4.70. The Hall–Kier alpha value is -0.510. The highest BCUT2D eigenvalue weighted by atomic mass is 79.9. The Labute approximate surface area is 135 Å². The fourth-order valence-electron chi connectivity index (χ4n) is 1.86. The van der Waals surface area contributed by atoms with Gasteiger partial charge in [-0.3, -0.25) is 0 Å². The Balaban J connectivity index is 2.18. The van der Waals surface area contributed by atoms with Gasteiger partial charge in [0.25, 0.3) is 0 Å². The van der Waals surface area contributed by atoms with Gasteiger partial charge in [-0.1, -0.05) is 67.7 Å². The van der Waals surface area contributed by atoms with E-state index in [9.17, 15) is 0 Å². The Morgan fingerprint density at radius 1 is 1.11 bits per heavy atom. The van der Waals surface area contributed by atoms with E-state index < -0.39 is 0 Å². The molecule has 0 aliphatic carbocycles. The summed E-state index contributed by atoms with van der Waals surface area (Å²) < 4.78 is 1.12. The van der Waals surface area contributed by atoms with Crippen LogP contribution >= 0.6 is 43.5 Å². The number of halogens is 3. The lowest BCUT2D eigenvalue weighted by molar-refractivity contribution is 0.922. The Kier molecular flexibility index (Phi) is 5.31. The third-order valence-electron chi connectivity index (χ3n) is 2.99. The molecule has 100 valence electrons. The van der Waals surface area contributed by atoms with Crippen LogP contribution in [0.15, 0.2) is 46.9 Å². The van der Waals surface area contributed by atoms with E-state index in [0.29, 0.717) is 0 Å². The standard InChI is InChI=1S/C15H14Br2ClN/c1-19(10-12-4-2-3-5-15(12)18)13-7-6-11(9-16)14(17)8-13/h2-8H,9-10H2,1H3. The summed E-state index contributed by atoms with van der Waals surface area (Å²) in [6.45, 7) is 0.791. The van der Waals surface area contributed by atoms with Crippen LogP contribution in [0.2, 0.25) is 5.02 Å². The van der Waals surface area contributed by atoms with Crippen molar-refractivity contribution in [2.24, 2.45) is 0 Å². The summed E-state index contributed by atoms with van der Waals surface area (Å²) in [4.78, 5) is 2.18. The van der Waals surface area contributed by atoms with Crippen LogP contribution in [-0.2, 0) is 11.9 Å². The van der Waals surface area contributed by atoms with Crippen LogP contribution in [0.3, 0.4) is 0 Å². The van der Waals surface area contributed by atoms with Gasteiger partial charge in [-0.25, -0.2) is 0 Å². The molecule has 19 heavy (non-hydrogen) atoms. The van der Waals surface area contributed by atoms with Crippen LogP contribution in [-0.4, -0.2) is 7.05 Å². The summed E-state index contributed by atoms with van der Waals surface area (Å²) in [6, 6.07) is 14.3. The summed E-state index contributed by atoms with van der Waals surface area (Å²) in [6.07, 6.45) is 0. The second-order valence-corrected chi connectivity index (χ2v) is 6.18. The van der Waals surface area contributed by atoms with Crippen LogP contribution in [0.4, 0.5) is 5.69 Å². The maximum absolute atomic E-state index is 6.19. The second kappa shape index (κ2) is 6.78. The molecule has 0 saturated heterocycles. The maximum Gasteiger partial charge on any atom is 0.0455 e. The van der Waals surface area contributed by atoms with Gasteiger partial charge < -0.3 is 4.90 Å². The van der Waals surface area contributed by atoms with Crippen molar-refractivity contribution < 1.29 is 0 Å². The van der Waals surface area contributed by atoms with Crippen molar-refractivity contribution in [2.75, 3.05) is 11.9 Å². The Morgan fingerprint density at radius 2 is 1.84 bits per heavy atom. The molecular formula is C15H14Br2ClN. The SMILES string of the molecule is CN(Cc1ccccc1Cl)c1ccc(CBr)c(Br)c1. The first kappa shape index (κ1) is 14.9. The van der Waals surface area contributed by atoms with Crippen molar-refractivity contribution in [3.63, 3.8) is 0 Å². The van der Waals surface area contributed by atoms with Crippen LogP contribution in [0.25, 0.3) is 0 Å². The molecule has 4 heteroatoms. The number of benzene rings is 2. The van der Waals surface area contributed by atoms with Crippen molar-refractivity contribution in [1.29, 1.82) is 0 Å². The number of anilines is 1. The van der Waals surface area contributed by atoms with E-state index in [4.69, 9.17) is 11.6 Å². The van der Waals surface area contributed by atoms with Gasteiger partial charge in [-0.15, -0.1) is 0 Å². The summed E-state index contributed by atoms with van der Waals surface area (Å²) in [7, 11) is 2.07. The molecule has 0 aromatic heterocycles. The minimum atomic E-state index is 0.791. The van der Waals surface area contributed by atoms with Crippen molar-refractivity contribution in [1.82, 2.24) is 0 Å². The fourth-order valence-corrected chi connectivity index (χ4v) is 3.42. The highest BCUT2D eigenvalue weighted by Crippen LogP contribution is 2.27. The number of hydrogen-bond acceptors (Lipinski definition) is 1. The summed E-state index contributed by atoms with van der Waals surface area (Å²) >= 11 is 13.3. The first-order valence-corrected chi connectivity index (χ1v) is 8.20. The van der Waals surface area contributed by atoms with Crippen LogP contribution in [0.1, 0.15) is 11.1 Å². The van der Waals surface area contributed by atoms with Crippen molar-refractivity contribution in [3.05, 3.63) is 63.1 Å². The quantitative estimate of drug-likeness (QED) is 0.598. The molecule has 0 radical (unpaired) electrons. The Morgan fingerprint density at radius 3 is 2.47 bits per heavy atom. The lowest BCUT2D eigenvalue weighted by atomic mass is 10.2. The van der Waals surface area contributed by atoms with Gasteiger partial charge in [0.2, 0.25) is 0 Å². The van der Waals surface area contributed by atoms with Crippen LogP contribution < -0.4 is 4.90 Å². The summed E-state index contributed by atoms with van der Waals surface area (Å²) in [5.74, 6) is 0. The third kappa shape index (κ3) is 3.74. The number of rotatable bonds is 4. The van der Waals surface area contributed by atoms with Crippen molar-refractivity contribution in [3.8, 4) is 0 Å². The van der Waals surface area contributed by atoms with Gasteiger partial charge in [0, 0.05) is 34.1 Å². The summed E-state index contributed by atoms with van der Waals surface area (Å²) in [5, 5.41) is 1.66. The molecule has 1 nitrogen and oxygen atoms in total. The van der Waals surface area contributed by atoms with Gasteiger partial charge in [-0.05, 0) is 29.3 Å². The molecule has 0 amide bonds. The molecule has 0 aliphatic rings. The fraction of sp³-hybridized carbons (Fsp3) is 0.200. The van der Waals surface area contributed by atoms with E-state index in [1.54, 1.807) is 0 Å². The molecule has 0 bridgehead atoms. The van der Waals surface area contributed by atoms with E-state index >= 15 is 0 Å². The highest BCUT2D eigenvalue weighted by molar-refractivity contribution is 9.10. The van der Waals surface area contributed by atoms with E-state index in [1.165, 1.54) is 5.56 Å². The summed E-state index contributed by atoms with van der Waals surface area (Å²) in [5.41, 5.74) is 3.54. The largest absolute Gasteiger partial charge is 0.370 e. The number of nitrogens with zero attached hydrogens (tertiary/aromatic N) is 1. The Bertz CT molecular complexity index is 572. The van der Waals surface area contributed by atoms with Crippen molar-refractivity contribution in [2.45, 2.75) is 11.9 Å². The molecule has 0 heterocycles. The first-order valence-electron chi connectivity index (χ1n) is 5.90. The van der Waals surface area contributed by atoms with Gasteiger partial charge in [0.15, 0.2) is 0 Å². The molecule has 0 saturated carbocycles. The molecule has 0 spiro atoms. The van der Waals surface area contributed by atoms with Crippen molar-refractivity contribution >= 4 is 49.1 Å². The molecule has 0 aliphatic heterocycles. The molecule has 0 unspecified atom stereocenters. The minimum Gasteiger partial charge on any atom is -0.370 e. The van der Waals surface area contributed by atoms with E-state index in [0.717, 1.165) is 32.6 Å². The molecule has 2 aromatic rings. The van der Waals surface area contributed by atoms with E-state index in [2.05, 4.69) is 68.1 Å². The smallest absolute Gasteiger partial charge is 0.0455 e. The van der Waals surface area contributed by atoms with Gasteiger partial charge in [0.05, 0.1) is 0 Å². The predicted molar refractivity (Wildman–Crippen MR) is 90.3 cm³/mol. The molecule has 0 atom stereocenters.